The number of hydrogen-bond donors (Lipinski definition) is 0. The standard InChI is InChI=1S/C49H31N3OS/c1-2-9-31(10-3-1)47-50-48(52-49(51-47)38-16-7-14-36-34-13-4-5-18-42(34)54-46(36)38)37-15-8-17-41-45(37)39-27-32(23-26-40(39)53-41)33-24-21-30-20-19-28-11-6-12-29-22-25-35(33)44(30)43(28)29/h1-6,8-11,13,15-24,26-27H,7,12,14,25H2. The first-order valence-corrected chi connectivity index (χ1v) is 19.5. The summed E-state index contributed by atoms with van der Waals surface area (Å²) in [6, 6.07) is 41.0. The van der Waals surface area contributed by atoms with E-state index in [1.54, 1.807) is 0 Å². The first-order chi connectivity index (χ1) is 26.7. The molecule has 0 amide bonds. The van der Waals surface area contributed by atoms with Gasteiger partial charge in [-0.05, 0) is 105 Å². The molecule has 12 rings (SSSR count). The predicted octanol–water partition coefficient (Wildman–Crippen LogP) is 12.9. The molecule has 9 aromatic rings. The summed E-state index contributed by atoms with van der Waals surface area (Å²) >= 11 is 1.83. The van der Waals surface area contributed by atoms with Gasteiger partial charge >= 0.3 is 0 Å². The maximum Gasteiger partial charge on any atom is 0.165 e. The van der Waals surface area contributed by atoms with Gasteiger partial charge in [-0.2, -0.15) is 0 Å². The number of rotatable bonds is 4. The summed E-state index contributed by atoms with van der Waals surface area (Å²) in [5.41, 5.74) is 14.1. The monoisotopic (exact) mass is 709 g/mol. The van der Waals surface area contributed by atoms with E-state index < -0.39 is 0 Å². The minimum atomic E-state index is 0.643. The summed E-state index contributed by atoms with van der Waals surface area (Å²) in [6.07, 6.45) is 13.2. The van der Waals surface area contributed by atoms with Gasteiger partial charge in [-0.15, -0.1) is 11.3 Å². The zero-order chi connectivity index (χ0) is 35.3. The molecular formula is C49H31N3OS. The lowest BCUT2D eigenvalue weighted by Gasteiger charge is -2.25. The second kappa shape index (κ2) is 11.5. The molecule has 0 N–H and O–H groups in total. The van der Waals surface area contributed by atoms with Gasteiger partial charge in [0, 0.05) is 37.0 Å². The van der Waals surface area contributed by atoms with Crippen molar-refractivity contribution in [2.45, 2.75) is 25.7 Å². The van der Waals surface area contributed by atoms with Crippen LogP contribution in [0.2, 0.25) is 0 Å². The van der Waals surface area contributed by atoms with Crippen molar-refractivity contribution in [1.29, 1.82) is 0 Å². The van der Waals surface area contributed by atoms with Crippen LogP contribution in [-0.2, 0) is 12.8 Å². The average molecular weight is 710 g/mol. The largest absolute Gasteiger partial charge is 0.456 e. The van der Waals surface area contributed by atoms with Crippen molar-refractivity contribution in [2.75, 3.05) is 0 Å². The van der Waals surface area contributed by atoms with E-state index in [1.807, 2.05) is 35.6 Å². The van der Waals surface area contributed by atoms with Crippen molar-refractivity contribution in [3.63, 3.8) is 0 Å². The van der Waals surface area contributed by atoms with Gasteiger partial charge in [0.15, 0.2) is 17.5 Å². The number of hydrogen-bond acceptors (Lipinski definition) is 5. The van der Waals surface area contributed by atoms with Gasteiger partial charge in [0.1, 0.15) is 11.2 Å². The van der Waals surface area contributed by atoms with Gasteiger partial charge in [-0.1, -0.05) is 115 Å². The summed E-state index contributed by atoms with van der Waals surface area (Å²) in [4.78, 5) is 16.9. The average Bonchev–Trinajstić information content (AvgIpc) is 3.81. The molecule has 54 heavy (non-hydrogen) atoms. The minimum Gasteiger partial charge on any atom is -0.456 e. The number of aryl methyl sites for hydroxylation is 1. The molecule has 0 atom stereocenters. The number of allylic oxidation sites excluding steroid dienone is 4. The number of benzene rings is 6. The molecule has 3 heterocycles. The molecule has 5 heteroatoms. The fourth-order valence-corrected chi connectivity index (χ4v) is 10.3. The Hall–Kier alpha value is -6.43. The highest BCUT2D eigenvalue weighted by molar-refractivity contribution is 7.20. The van der Waals surface area contributed by atoms with Crippen LogP contribution in [0.5, 0.6) is 0 Å². The van der Waals surface area contributed by atoms with Gasteiger partial charge < -0.3 is 4.42 Å². The van der Waals surface area contributed by atoms with Gasteiger partial charge in [0.2, 0.25) is 0 Å². The highest BCUT2D eigenvalue weighted by atomic mass is 32.1. The molecule has 0 saturated heterocycles. The molecule has 0 radical (unpaired) electrons. The normalized spacial score (nSPS) is 14.5. The van der Waals surface area contributed by atoms with E-state index in [4.69, 9.17) is 19.4 Å². The Bertz CT molecular complexity index is 3160. The molecule has 0 saturated carbocycles. The van der Waals surface area contributed by atoms with Crippen LogP contribution in [0.1, 0.15) is 45.8 Å². The number of furan rings is 1. The first kappa shape index (κ1) is 30.1. The number of nitrogens with zero attached hydrogens (tertiary/aromatic N) is 3. The van der Waals surface area contributed by atoms with Crippen molar-refractivity contribution in [3.05, 3.63) is 166 Å². The zero-order valence-electron chi connectivity index (χ0n) is 29.3. The zero-order valence-corrected chi connectivity index (χ0v) is 30.1. The van der Waals surface area contributed by atoms with Crippen molar-refractivity contribution >= 4 is 71.4 Å². The minimum absolute atomic E-state index is 0.643. The van der Waals surface area contributed by atoms with Crippen LogP contribution in [0, 0.1) is 0 Å². The third-order valence-corrected chi connectivity index (χ3v) is 12.7. The topological polar surface area (TPSA) is 51.8 Å². The van der Waals surface area contributed by atoms with Crippen LogP contribution in [-0.4, -0.2) is 15.0 Å². The Labute approximate surface area is 315 Å². The van der Waals surface area contributed by atoms with E-state index in [0.717, 1.165) is 64.3 Å². The molecule has 254 valence electrons. The summed E-state index contributed by atoms with van der Waals surface area (Å²) in [6.45, 7) is 0. The number of thiophene rings is 1. The van der Waals surface area contributed by atoms with E-state index in [2.05, 4.69) is 115 Å². The Kier molecular flexibility index (Phi) is 6.42. The lowest BCUT2D eigenvalue weighted by molar-refractivity contribution is 0.669. The predicted molar refractivity (Wildman–Crippen MR) is 223 cm³/mol. The maximum absolute atomic E-state index is 6.56. The SMILES string of the molecule is C1=Cc2ccc3ccc(-c4ccc5oc6cccc(-c7nc(C8=CCCc9c8sc8ccccc98)nc(-c8ccccc8)n7)c6c5c4)c4c3c2C(=CC4)C1. The molecule has 6 aromatic carbocycles. The molecule has 3 aliphatic rings. The molecule has 0 spiro atoms. The maximum atomic E-state index is 6.56. The second-order valence-corrected chi connectivity index (χ2v) is 15.5. The van der Waals surface area contributed by atoms with E-state index in [0.29, 0.717) is 17.5 Å². The summed E-state index contributed by atoms with van der Waals surface area (Å²) in [7, 11) is 0. The lowest BCUT2D eigenvalue weighted by Crippen LogP contribution is -2.06. The quantitative estimate of drug-likeness (QED) is 0.183. The Morgan fingerprint density at radius 3 is 2.43 bits per heavy atom. The van der Waals surface area contributed by atoms with Gasteiger partial charge in [-0.25, -0.2) is 15.0 Å². The fourth-order valence-electron chi connectivity index (χ4n) is 9.02. The van der Waals surface area contributed by atoms with Crippen molar-refractivity contribution in [3.8, 4) is 33.9 Å². The van der Waals surface area contributed by atoms with E-state index in [9.17, 15) is 0 Å². The van der Waals surface area contributed by atoms with E-state index in [1.165, 1.54) is 64.7 Å². The Balaban J connectivity index is 1.06. The van der Waals surface area contributed by atoms with Crippen LogP contribution in [0.25, 0.3) is 93.9 Å². The molecule has 0 fully saturated rings. The Morgan fingerprint density at radius 1 is 0.593 bits per heavy atom. The van der Waals surface area contributed by atoms with Gasteiger partial charge in [-0.3, -0.25) is 0 Å². The van der Waals surface area contributed by atoms with Crippen LogP contribution in [0.3, 0.4) is 0 Å². The van der Waals surface area contributed by atoms with Crippen molar-refractivity contribution in [2.24, 2.45) is 0 Å². The third-order valence-electron chi connectivity index (χ3n) is 11.5. The van der Waals surface area contributed by atoms with E-state index >= 15 is 0 Å². The fraction of sp³-hybridized carbons (Fsp3) is 0.0816. The highest BCUT2D eigenvalue weighted by Crippen LogP contribution is 2.46. The van der Waals surface area contributed by atoms with E-state index in [-0.39, 0.29) is 0 Å². The molecule has 0 unspecified atom stereocenters. The molecule has 3 aromatic heterocycles. The smallest absolute Gasteiger partial charge is 0.165 e. The van der Waals surface area contributed by atoms with Crippen LogP contribution < -0.4 is 0 Å². The Morgan fingerprint density at radius 2 is 1.46 bits per heavy atom. The molecule has 3 aliphatic carbocycles. The number of fused-ring (bicyclic) bond motifs is 6. The third kappa shape index (κ3) is 4.45. The van der Waals surface area contributed by atoms with Crippen LogP contribution in [0.15, 0.2) is 138 Å². The van der Waals surface area contributed by atoms with Crippen LogP contribution >= 0.6 is 11.3 Å². The summed E-state index contributed by atoms with van der Waals surface area (Å²) in [5, 5.41) is 6.11. The van der Waals surface area contributed by atoms with Crippen molar-refractivity contribution in [1.82, 2.24) is 15.0 Å². The van der Waals surface area contributed by atoms with Gasteiger partial charge in [0.05, 0.1) is 0 Å². The van der Waals surface area contributed by atoms with Crippen molar-refractivity contribution < 1.29 is 4.42 Å². The summed E-state index contributed by atoms with van der Waals surface area (Å²) in [5.74, 6) is 2.01. The molecule has 0 aliphatic heterocycles. The van der Waals surface area contributed by atoms with Crippen LogP contribution in [0.4, 0.5) is 0 Å². The summed E-state index contributed by atoms with van der Waals surface area (Å²) < 4.78 is 7.86. The first-order valence-electron chi connectivity index (χ1n) is 18.7. The molecule has 0 bridgehead atoms. The molecular weight excluding hydrogens is 679 g/mol. The lowest BCUT2D eigenvalue weighted by atomic mass is 9.79. The van der Waals surface area contributed by atoms with Gasteiger partial charge in [0.25, 0.3) is 0 Å². The molecule has 4 nitrogen and oxygen atoms in total. The highest BCUT2D eigenvalue weighted by Gasteiger charge is 2.26. The number of aromatic nitrogens is 3. The second-order valence-electron chi connectivity index (χ2n) is 14.5.